The van der Waals surface area contributed by atoms with Crippen molar-refractivity contribution in [3.05, 3.63) is 23.1 Å². The molecule has 1 saturated heterocycles. The molecule has 0 N–H and O–H groups in total. The molecular formula is C11H15N3S. The van der Waals surface area contributed by atoms with E-state index in [1.807, 2.05) is 0 Å². The van der Waals surface area contributed by atoms with Gasteiger partial charge >= 0.3 is 0 Å². The summed E-state index contributed by atoms with van der Waals surface area (Å²) in [4.78, 5) is 8.44. The van der Waals surface area contributed by atoms with Gasteiger partial charge in [-0.2, -0.15) is 0 Å². The molecule has 2 aromatic rings. The molecule has 1 fully saturated rings. The van der Waals surface area contributed by atoms with Crippen LogP contribution in [0.2, 0.25) is 0 Å². The Morgan fingerprint density at radius 2 is 2.40 bits per heavy atom. The Bertz CT molecular complexity index is 485. The standard InChI is InChI=1S/C11H15N3S/c1-8-12-10(9-3-4-13(2)7-9)11-14(8)5-6-15-11/h5-6,9H,3-4,7H2,1-2H3/t9-/m0/s1. The first-order chi connectivity index (χ1) is 7.25. The highest BCUT2D eigenvalue weighted by Crippen LogP contribution is 2.31. The fraction of sp³-hybridized carbons (Fsp3) is 0.545. The van der Waals surface area contributed by atoms with Crippen molar-refractivity contribution in [3.8, 4) is 0 Å². The van der Waals surface area contributed by atoms with Gasteiger partial charge in [-0.05, 0) is 26.9 Å². The molecule has 0 unspecified atom stereocenters. The molecule has 0 spiro atoms. The average molecular weight is 221 g/mol. The third kappa shape index (κ3) is 1.40. The number of rotatable bonds is 1. The summed E-state index contributed by atoms with van der Waals surface area (Å²) in [6, 6.07) is 0. The summed E-state index contributed by atoms with van der Waals surface area (Å²) in [5.41, 5.74) is 1.31. The van der Waals surface area contributed by atoms with Crippen LogP contribution in [0.25, 0.3) is 4.83 Å². The topological polar surface area (TPSA) is 20.5 Å². The molecule has 3 rings (SSSR count). The summed E-state index contributed by atoms with van der Waals surface area (Å²) in [5, 5.41) is 2.15. The second-order valence-electron chi connectivity index (χ2n) is 4.37. The minimum Gasteiger partial charge on any atom is -0.306 e. The van der Waals surface area contributed by atoms with Gasteiger partial charge < -0.3 is 4.90 Å². The van der Waals surface area contributed by atoms with Gasteiger partial charge in [0.1, 0.15) is 10.7 Å². The maximum absolute atomic E-state index is 4.71. The number of thiazole rings is 1. The number of hydrogen-bond acceptors (Lipinski definition) is 3. The van der Waals surface area contributed by atoms with Crippen molar-refractivity contribution in [1.82, 2.24) is 14.3 Å². The lowest BCUT2D eigenvalue weighted by molar-refractivity contribution is 0.411. The quantitative estimate of drug-likeness (QED) is 0.735. The SMILES string of the molecule is Cc1nc([C@H]2CCN(C)C2)c2sccn12. The fourth-order valence-electron chi connectivity index (χ4n) is 2.42. The zero-order valence-corrected chi connectivity index (χ0v) is 9.92. The van der Waals surface area contributed by atoms with Crippen LogP contribution in [0.5, 0.6) is 0 Å². The van der Waals surface area contributed by atoms with Gasteiger partial charge in [-0.15, -0.1) is 11.3 Å². The molecule has 0 radical (unpaired) electrons. The second-order valence-corrected chi connectivity index (χ2v) is 5.26. The average Bonchev–Trinajstić information content (AvgIpc) is 2.84. The third-order valence-electron chi connectivity index (χ3n) is 3.24. The number of nitrogens with zero attached hydrogens (tertiary/aromatic N) is 3. The predicted octanol–water partition coefficient (Wildman–Crippen LogP) is 2.12. The predicted molar refractivity (Wildman–Crippen MR) is 62.7 cm³/mol. The van der Waals surface area contributed by atoms with Crippen molar-refractivity contribution < 1.29 is 0 Å². The van der Waals surface area contributed by atoms with Gasteiger partial charge in [0.25, 0.3) is 0 Å². The lowest BCUT2D eigenvalue weighted by Crippen LogP contribution is -2.13. The summed E-state index contributed by atoms with van der Waals surface area (Å²) in [7, 11) is 2.19. The van der Waals surface area contributed by atoms with Crippen molar-refractivity contribution in [2.45, 2.75) is 19.3 Å². The maximum atomic E-state index is 4.71. The van der Waals surface area contributed by atoms with Crippen LogP contribution in [-0.2, 0) is 0 Å². The van der Waals surface area contributed by atoms with Gasteiger partial charge in [0.05, 0.1) is 5.69 Å². The lowest BCUT2D eigenvalue weighted by atomic mass is 10.1. The van der Waals surface area contributed by atoms with Gasteiger partial charge in [0, 0.05) is 24.0 Å². The summed E-state index contributed by atoms with van der Waals surface area (Å²) in [6.07, 6.45) is 3.37. The number of aryl methyl sites for hydroxylation is 1. The van der Waals surface area contributed by atoms with Crippen LogP contribution in [0.3, 0.4) is 0 Å². The number of hydrogen-bond donors (Lipinski definition) is 0. The Morgan fingerprint density at radius 3 is 3.13 bits per heavy atom. The number of likely N-dealkylation sites (tertiary alicyclic amines) is 1. The van der Waals surface area contributed by atoms with Crippen LogP contribution in [0, 0.1) is 6.92 Å². The van der Waals surface area contributed by atoms with Crippen molar-refractivity contribution in [2.75, 3.05) is 20.1 Å². The fourth-order valence-corrected chi connectivity index (χ4v) is 3.37. The largest absolute Gasteiger partial charge is 0.306 e. The molecule has 1 aliphatic heterocycles. The minimum atomic E-state index is 0.636. The number of aromatic nitrogens is 2. The molecule has 0 aliphatic carbocycles. The first-order valence-electron chi connectivity index (χ1n) is 5.36. The molecule has 4 heteroatoms. The van der Waals surface area contributed by atoms with Crippen LogP contribution >= 0.6 is 11.3 Å². The molecule has 3 heterocycles. The number of likely N-dealkylation sites (N-methyl/N-ethyl adjacent to an activating group) is 1. The van der Waals surface area contributed by atoms with Gasteiger partial charge in [0.15, 0.2) is 0 Å². The molecule has 0 bridgehead atoms. The molecule has 15 heavy (non-hydrogen) atoms. The Balaban J connectivity index is 2.06. The third-order valence-corrected chi connectivity index (χ3v) is 4.12. The molecule has 0 amide bonds. The van der Waals surface area contributed by atoms with Crippen molar-refractivity contribution >= 4 is 16.2 Å². The molecule has 1 aliphatic rings. The molecule has 3 nitrogen and oxygen atoms in total. The minimum absolute atomic E-state index is 0.636. The van der Waals surface area contributed by atoms with E-state index in [4.69, 9.17) is 4.98 Å². The van der Waals surface area contributed by atoms with Crippen LogP contribution in [-0.4, -0.2) is 34.4 Å². The normalized spacial score (nSPS) is 22.9. The van der Waals surface area contributed by atoms with E-state index < -0.39 is 0 Å². The smallest absolute Gasteiger partial charge is 0.123 e. The Hall–Kier alpha value is -0.870. The second kappa shape index (κ2) is 3.32. The highest BCUT2D eigenvalue weighted by atomic mass is 32.1. The van der Waals surface area contributed by atoms with E-state index in [0.29, 0.717) is 5.92 Å². The van der Waals surface area contributed by atoms with Crippen LogP contribution in [0.4, 0.5) is 0 Å². The molecule has 0 aromatic carbocycles. The first-order valence-corrected chi connectivity index (χ1v) is 6.24. The van der Waals surface area contributed by atoms with E-state index in [-0.39, 0.29) is 0 Å². The summed E-state index contributed by atoms with van der Waals surface area (Å²) in [6.45, 7) is 4.44. The molecule has 80 valence electrons. The maximum Gasteiger partial charge on any atom is 0.123 e. The van der Waals surface area contributed by atoms with Crippen molar-refractivity contribution in [2.24, 2.45) is 0 Å². The van der Waals surface area contributed by atoms with Crippen LogP contribution in [0.1, 0.15) is 23.9 Å². The summed E-state index contributed by atoms with van der Waals surface area (Å²) in [5.74, 6) is 1.76. The Labute approximate surface area is 93.4 Å². The van der Waals surface area contributed by atoms with Crippen molar-refractivity contribution in [3.63, 3.8) is 0 Å². The highest BCUT2D eigenvalue weighted by Gasteiger charge is 2.25. The monoisotopic (exact) mass is 221 g/mol. The number of fused-ring (bicyclic) bond motifs is 1. The Morgan fingerprint density at radius 1 is 1.53 bits per heavy atom. The van der Waals surface area contributed by atoms with Crippen LogP contribution < -0.4 is 0 Å². The van der Waals surface area contributed by atoms with Gasteiger partial charge in [-0.3, -0.25) is 4.40 Å². The van der Waals surface area contributed by atoms with Crippen LogP contribution in [0.15, 0.2) is 11.6 Å². The van der Waals surface area contributed by atoms with Gasteiger partial charge in [-0.25, -0.2) is 4.98 Å². The van der Waals surface area contributed by atoms with E-state index >= 15 is 0 Å². The first kappa shape index (κ1) is 9.36. The summed E-state index contributed by atoms with van der Waals surface area (Å²) >= 11 is 1.80. The van der Waals surface area contributed by atoms with Crippen molar-refractivity contribution in [1.29, 1.82) is 0 Å². The van der Waals surface area contributed by atoms with Gasteiger partial charge in [-0.1, -0.05) is 0 Å². The highest BCUT2D eigenvalue weighted by molar-refractivity contribution is 7.15. The lowest BCUT2D eigenvalue weighted by Gasteiger charge is -2.07. The number of imidazole rings is 1. The molecule has 1 atom stereocenters. The van der Waals surface area contributed by atoms with E-state index in [1.54, 1.807) is 11.3 Å². The molecule has 0 saturated carbocycles. The zero-order valence-electron chi connectivity index (χ0n) is 9.10. The van der Waals surface area contributed by atoms with E-state index in [9.17, 15) is 0 Å². The Kier molecular flexibility index (Phi) is 2.07. The zero-order chi connectivity index (χ0) is 10.4. The van der Waals surface area contributed by atoms with E-state index in [1.165, 1.54) is 23.5 Å². The van der Waals surface area contributed by atoms with Gasteiger partial charge in [0.2, 0.25) is 0 Å². The summed E-state index contributed by atoms with van der Waals surface area (Å²) < 4.78 is 2.21. The molecule has 2 aromatic heterocycles. The van der Waals surface area contributed by atoms with E-state index in [0.717, 1.165) is 12.4 Å². The molecular weight excluding hydrogens is 206 g/mol. The van der Waals surface area contributed by atoms with E-state index in [2.05, 4.69) is 34.8 Å².